The van der Waals surface area contributed by atoms with Crippen LogP contribution in [0.15, 0.2) is 12.7 Å². The quantitative estimate of drug-likeness (QED) is 0.276. The average Bonchev–Trinajstić information content (AvgIpc) is 2.19. The molecule has 0 aliphatic carbocycles. The zero-order valence-electron chi connectivity index (χ0n) is 8.65. The Morgan fingerprint density at radius 1 is 1.20 bits per heavy atom. The van der Waals surface area contributed by atoms with Crippen LogP contribution < -0.4 is 0 Å². The van der Waals surface area contributed by atoms with Gasteiger partial charge in [-0.05, 0) is 0 Å². The Bertz CT molecular complexity index is 285. The summed E-state index contributed by atoms with van der Waals surface area (Å²) in [5.74, 6) is 4.78. The van der Waals surface area contributed by atoms with E-state index in [1.807, 2.05) is 0 Å². The maximum atomic E-state index is 11.9. The highest BCUT2D eigenvalue weighted by Crippen LogP contribution is 2.48. The Kier molecular flexibility index (Phi) is 7.78. The van der Waals surface area contributed by atoms with Crippen molar-refractivity contribution >= 4 is 7.60 Å². The van der Waals surface area contributed by atoms with Gasteiger partial charge in [-0.2, -0.15) is 0 Å². The minimum atomic E-state index is -3.09. The van der Waals surface area contributed by atoms with Crippen molar-refractivity contribution in [1.29, 1.82) is 0 Å². The van der Waals surface area contributed by atoms with Crippen molar-refractivity contribution in [3.8, 4) is 24.7 Å². The third-order valence-corrected chi connectivity index (χ3v) is 3.28. The molecule has 4 heteroatoms. The minimum Gasteiger partial charge on any atom is -0.307 e. The van der Waals surface area contributed by atoms with Gasteiger partial charge in [0, 0.05) is 12.8 Å². The molecule has 0 aromatic heterocycles. The third kappa shape index (κ3) is 7.00. The van der Waals surface area contributed by atoms with Gasteiger partial charge in [0.05, 0.1) is 19.4 Å². The number of allylic oxidation sites excluding steroid dienone is 1. The van der Waals surface area contributed by atoms with Crippen molar-refractivity contribution in [3.05, 3.63) is 12.7 Å². The van der Waals surface area contributed by atoms with Crippen molar-refractivity contribution in [3.63, 3.8) is 0 Å². The molecule has 0 unspecified atom stereocenters. The van der Waals surface area contributed by atoms with Crippen LogP contribution in [0.3, 0.4) is 0 Å². The molecule has 0 bridgehead atoms. The summed E-state index contributed by atoms with van der Waals surface area (Å²) in [5.41, 5.74) is 0. The summed E-state index contributed by atoms with van der Waals surface area (Å²) < 4.78 is 22.1. The fraction of sp³-hybridized carbons (Fsp3) is 0.455. The molecule has 0 aliphatic rings. The van der Waals surface area contributed by atoms with Gasteiger partial charge < -0.3 is 9.05 Å². The molecule has 0 heterocycles. The van der Waals surface area contributed by atoms with Crippen molar-refractivity contribution in [2.45, 2.75) is 12.8 Å². The van der Waals surface area contributed by atoms with Gasteiger partial charge in [0.2, 0.25) is 0 Å². The molecule has 0 spiro atoms. The molecule has 0 aromatic carbocycles. The summed E-state index contributed by atoms with van der Waals surface area (Å²) in [5, 5.41) is 0. The maximum Gasteiger partial charge on any atom is 0.334 e. The zero-order chi connectivity index (χ0) is 11.6. The van der Waals surface area contributed by atoms with Crippen LogP contribution in [0, 0.1) is 24.7 Å². The standard InChI is InChI=1S/C11H15O3P/c1-4-7-9-13-15(12,11-6-3)14-10-8-5-2/h1-2,6H,3,7-11H2. The SMILES string of the molecule is C#CCCOP(=O)(CC=C)OCCC#C. The molecule has 3 nitrogen and oxygen atoms in total. The van der Waals surface area contributed by atoms with Gasteiger partial charge >= 0.3 is 7.60 Å². The van der Waals surface area contributed by atoms with Crippen molar-refractivity contribution in [2.24, 2.45) is 0 Å². The lowest BCUT2D eigenvalue weighted by molar-refractivity contribution is 0.213. The Labute approximate surface area is 91.4 Å². The first kappa shape index (κ1) is 14.0. The number of rotatable bonds is 8. The summed E-state index contributed by atoms with van der Waals surface area (Å²) in [6, 6.07) is 0. The van der Waals surface area contributed by atoms with E-state index >= 15 is 0 Å². The van der Waals surface area contributed by atoms with Crippen molar-refractivity contribution in [1.82, 2.24) is 0 Å². The highest BCUT2D eigenvalue weighted by molar-refractivity contribution is 7.54. The Morgan fingerprint density at radius 2 is 1.67 bits per heavy atom. The Balaban J connectivity index is 4.08. The molecule has 0 atom stereocenters. The maximum absolute atomic E-state index is 11.9. The fourth-order valence-electron chi connectivity index (χ4n) is 0.788. The molecule has 0 rings (SSSR count). The van der Waals surface area contributed by atoms with Crippen molar-refractivity contribution < 1.29 is 13.6 Å². The first-order chi connectivity index (χ1) is 7.18. The highest BCUT2D eigenvalue weighted by atomic mass is 31.2. The summed E-state index contributed by atoms with van der Waals surface area (Å²) in [7, 11) is -3.09. The van der Waals surface area contributed by atoms with E-state index in [9.17, 15) is 4.57 Å². The van der Waals surface area contributed by atoms with E-state index in [0.29, 0.717) is 12.8 Å². The van der Waals surface area contributed by atoms with E-state index in [1.165, 1.54) is 6.08 Å². The van der Waals surface area contributed by atoms with Crippen molar-refractivity contribution in [2.75, 3.05) is 19.4 Å². The minimum absolute atomic E-state index is 0.169. The second-order valence-electron chi connectivity index (χ2n) is 2.66. The number of terminal acetylenes is 2. The molecular formula is C11H15O3P. The molecule has 0 N–H and O–H groups in total. The third-order valence-electron chi connectivity index (χ3n) is 1.42. The lowest BCUT2D eigenvalue weighted by Gasteiger charge is -2.15. The normalized spacial score (nSPS) is 10.3. The zero-order valence-corrected chi connectivity index (χ0v) is 9.54. The second-order valence-corrected chi connectivity index (χ2v) is 4.76. The van der Waals surface area contributed by atoms with E-state index in [1.54, 1.807) is 0 Å². The Hall–Kier alpha value is -0.990. The van der Waals surface area contributed by atoms with Gasteiger partial charge in [0.1, 0.15) is 0 Å². The molecule has 15 heavy (non-hydrogen) atoms. The summed E-state index contributed by atoms with van der Waals surface area (Å²) in [6.45, 7) is 3.93. The van der Waals surface area contributed by atoms with Crippen LogP contribution >= 0.6 is 7.60 Å². The predicted molar refractivity (Wildman–Crippen MR) is 61.5 cm³/mol. The van der Waals surface area contributed by atoms with Crippen LogP contribution in [0.2, 0.25) is 0 Å². The Morgan fingerprint density at radius 3 is 2.00 bits per heavy atom. The van der Waals surface area contributed by atoms with Gasteiger partial charge in [0.15, 0.2) is 0 Å². The molecule has 0 saturated heterocycles. The largest absolute Gasteiger partial charge is 0.334 e. The van der Waals surface area contributed by atoms with Crippen LogP contribution in [0.25, 0.3) is 0 Å². The lowest BCUT2D eigenvalue weighted by atomic mass is 10.5. The topological polar surface area (TPSA) is 35.5 Å². The molecule has 0 saturated carbocycles. The van der Waals surface area contributed by atoms with E-state index in [2.05, 4.69) is 18.4 Å². The van der Waals surface area contributed by atoms with Crippen LogP contribution in [0.5, 0.6) is 0 Å². The van der Waals surface area contributed by atoms with Gasteiger partial charge in [-0.25, -0.2) is 0 Å². The van der Waals surface area contributed by atoms with Crippen LogP contribution in [0.4, 0.5) is 0 Å². The molecular weight excluding hydrogens is 211 g/mol. The van der Waals surface area contributed by atoms with Gasteiger partial charge in [-0.15, -0.1) is 31.3 Å². The van der Waals surface area contributed by atoms with Crippen LogP contribution in [0.1, 0.15) is 12.8 Å². The summed E-state index contributed by atoms with van der Waals surface area (Å²) >= 11 is 0. The highest BCUT2D eigenvalue weighted by Gasteiger charge is 2.21. The van der Waals surface area contributed by atoms with Gasteiger partial charge in [-0.3, -0.25) is 4.57 Å². The number of hydrogen-bond acceptors (Lipinski definition) is 3. The molecule has 0 aromatic rings. The summed E-state index contributed by atoms with van der Waals surface area (Å²) in [6.07, 6.45) is 12.6. The fourth-order valence-corrected chi connectivity index (χ4v) is 2.13. The monoisotopic (exact) mass is 226 g/mol. The smallest absolute Gasteiger partial charge is 0.307 e. The second kappa shape index (κ2) is 8.33. The molecule has 82 valence electrons. The van der Waals surface area contributed by atoms with E-state index in [0.717, 1.165) is 0 Å². The first-order valence-corrected chi connectivity index (χ1v) is 6.27. The molecule has 0 aliphatic heterocycles. The predicted octanol–water partition coefficient (Wildman–Crippen LogP) is 2.45. The van der Waals surface area contributed by atoms with E-state index in [4.69, 9.17) is 21.9 Å². The van der Waals surface area contributed by atoms with E-state index < -0.39 is 7.60 Å². The molecule has 0 amide bonds. The van der Waals surface area contributed by atoms with Crippen LogP contribution in [-0.4, -0.2) is 19.4 Å². The van der Waals surface area contributed by atoms with Gasteiger partial charge in [0.25, 0.3) is 0 Å². The molecule has 0 fully saturated rings. The average molecular weight is 226 g/mol. The summed E-state index contributed by atoms with van der Waals surface area (Å²) in [4.78, 5) is 0. The number of hydrogen-bond donors (Lipinski definition) is 0. The first-order valence-electron chi connectivity index (χ1n) is 4.54. The van der Waals surface area contributed by atoms with Crippen LogP contribution in [-0.2, 0) is 13.6 Å². The van der Waals surface area contributed by atoms with E-state index in [-0.39, 0.29) is 19.4 Å². The lowest BCUT2D eigenvalue weighted by Crippen LogP contribution is -2.01. The molecule has 0 radical (unpaired) electrons. The van der Waals surface area contributed by atoms with Gasteiger partial charge in [-0.1, -0.05) is 6.08 Å².